The van der Waals surface area contributed by atoms with Crippen LogP contribution < -0.4 is 0 Å². The number of hydrogen-bond acceptors (Lipinski definition) is 10. The van der Waals surface area contributed by atoms with E-state index in [0.29, 0.717) is 17.7 Å². The van der Waals surface area contributed by atoms with Crippen LogP contribution in [0.25, 0.3) is 87.0 Å². The second-order valence-corrected chi connectivity index (χ2v) is 32.1. The van der Waals surface area contributed by atoms with Crippen LogP contribution in [0, 0.1) is 43.6 Å². The van der Waals surface area contributed by atoms with Crippen molar-refractivity contribution < 1.29 is 43.4 Å². The van der Waals surface area contributed by atoms with E-state index in [1.54, 1.807) is 74.9 Å². The third-order valence-corrected chi connectivity index (χ3v) is 25.9. The van der Waals surface area contributed by atoms with Gasteiger partial charge in [0.1, 0.15) is 6.07 Å². The summed E-state index contributed by atoms with van der Waals surface area (Å²) in [6.07, 6.45) is -5.71. The molecular weight excluding hydrogens is 1490 g/mol. The fraction of sp³-hybridized carbons (Fsp3) is 0.113. The standard InChI is InChI=1S/C36H21F3N2S4.C34H21Br2F3S4.CN.Cu/c1-20-3-5-21(6-4-20)30-15-25(19-40)33(44-30)16-27-11-23-13-32-24(14-31(23)42-27)12-28(43-32)17-35-29(41-2)18-34(45-35)22-7-9-26(10-8-22)36(37,38)39;1-18-2-4-19(5-3-18)30-16-26(35)32(42-30)14-24-10-21-12-29-22(13-28(21)40-24)11-25(41-29)15-33-27(36)17-31(43-33)20-6-8-23(9-7-20)34(37,38)39;1-2;/h3-15,18H,16-17H2,1H3;2-13,16-17H,14-15H2,1H3;;/q;;-1;+1. The van der Waals surface area contributed by atoms with E-state index < -0.39 is 23.5 Å². The second-order valence-electron chi connectivity index (χ2n) is 21.1. The van der Waals surface area contributed by atoms with Crippen LogP contribution in [0.15, 0.2) is 179 Å². The average Bonchev–Trinajstić information content (AvgIpc) is 1.70. The molecule has 0 amide bonds. The van der Waals surface area contributed by atoms with Gasteiger partial charge in [-0.3, -0.25) is 0 Å². The van der Waals surface area contributed by atoms with Crippen molar-refractivity contribution in [2.75, 3.05) is 0 Å². The molecule has 8 heterocycles. The van der Waals surface area contributed by atoms with Gasteiger partial charge in [0.25, 0.3) is 0 Å². The Morgan fingerprint density at radius 3 is 1.04 bits per heavy atom. The molecule has 3 nitrogen and oxygen atoms in total. The molecule has 14 rings (SSSR count). The van der Waals surface area contributed by atoms with E-state index in [0.717, 1.165) is 109 Å². The third kappa shape index (κ3) is 14.8. The molecule has 0 aliphatic rings. The Morgan fingerprint density at radius 2 is 0.703 bits per heavy atom. The van der Waals surface area contributed by atoms with Crippen molar-refractivity contribution in [1.29, 1.82) is 10.5 Å². The average molecular weight is 1530 g/mol. The smallest absolute Gasteiger partial charge is 0.512 e. The summed E-state index contributed by atoms with van der Waals surface area (Å²) in [4.78, 5) is 17.3. The number of halogens is 8. The molecule has 0 saturated carbocycles. The number of alkyl halides is 6. The number of benzene rings is 6. The zero-order valence-corrected chi connectivity index (χ0v) is 58.1. The molecule has 0 aliphatic heterocycles. The fourth-order valence-corrected chi connectivity index (χ4v) is 21.1. The summed E-state index contributed by atoms with van der Waals surface area (Å²) in [7, 11) is 0. The summed E-state index contributed by atoms with van der Waals surface area (Å²) < 4.78 is 85.0. The molecule has 0 fully saturated rings. The number of fused-ring (bicyclic) bond motifs is 4. The molecule has 8 aromatic heterocycles. The van der Waals surface area contributed by atoms with E-state index in [1.807, 2.05) is 34.8 Å². The summed E-state index contributed by atoms with van der Waals surface area (Å²) in [6.45, 7) is 16.6. The van der Waals surface area contributed by atoms with Crippen molar-refractivity contribution in [2.45, 2.75) is 51.9 Å². The quantitative estimate of drug-likeness (QED) is 0.0695. The van der Waals surface area contributed by atoms with E-state index in [2.05, 4.69) is 160 Å². The van der Waals surface area contributed by atoms with Gasteiger partial charge in [0.05, 0.1) is 23.3 Å². The predicted molar refractivity (Wildman–Crippen MR) is 375 cm³/mol. The van der Waals surface area contributed by atoms with Crippen LogP contribution in [-0.4, -0.2) is 0 Å². The number of aryl methyl sites for hydroxylation is 2. The van der Waals surface area contributed by atoms with Crippen molar-refractivity contribution in [2.24, 2.45) is 0 Å². The molecule has 0 unspecified atom stereocenters. The molecule has 14 aromatic rings. The molecule has 0 N–H and O–H groups in total. The Kier molecular flexibility index (Phi) is 20.0. The van der Waals surface area contributed by atoms with E-state index in [-0.39, 0.29) is 17.1 Å². The van der Waals surface area contributed by atoms with Crippen LogP contribution in [0.2, 0.25) is 0 Å². The maximum atomic E-state index is 13.0. The van der Waals surface area contributed by atoms with Gasteiger partial charge in [0.2, 0.25) is 5.69 Å². The first-order valence-electron chi connectivity index (χ1n) is 27.5. The number of rotatable bonds is 12. The minimum atomic E-state index is -4.38. The SMILES string of the molecule is Cc1ccc(-c2cc(Br)c(Cc3cc4cc5sc(Cc6sc(-c7ccc(C(F)(F)F)cc7)cc6Br)cc5cc4s3)s2)cc1.[C-]#N.[C-]#[N+]c1cc(-c2ccc(C(F)(F)F)cc2)sc1Cc1cc2cc3sc(Cc4sc(-c5ccc(C)cc5)cc4C#N)cc3cc2s1.[Cu+]. The largest absolute Gasteiger partial charge is 1.00 e. The van der Waals surface area contributed by atoms with Crippen LogP contribution in [0.3, 0.4) is 0 Å². The summed E-state index contributed by atoms with van der Waals surface area (Å²) in [6, 6.07) is 56.0. The van der Waals surface area contributed by atoms with Crippen LogP contribution in [0.4, 0.5) is 32.0 Å². The van der Waals surface area contributed by atoms with Crippen molar-refractivity contribution in [1.82, 2.24) is 0 Å². The van der Waals surface area contributed by atoms with Gasteiger partial charge in [0, 0.05) is 112 Å². The fourth-order valence-electron chi connectivity index (χ4n) is 10.3. The van der Waals surface area contributed by atoms with Crippen molar-refractivity contribution in [3.8, 4) is 47.8 Å². The molecule has 456 valence electrons. The molecule has 6 aromatic carbocycles. The molecule has 0 radical (unpaired) electrons. The Labute approximate surface area is 580 Å². The summed E-state index contributed by atoms with van der Waals surface area (Å²) in [5, 5.41) is 20.9. The zero-order valence-electron chi connectivity index (χ0n) is 47.4. The monoisotopic (exact) mass is 1530 g/mol. The topological polar surface area (TPSA) is 51.9 Å². The van der Waals surface area contributed by atoms with Gasteiger partial charge in [-0.2, -0.15) is 42.9 Å². The van der Waals surface area contributed by atoms with E-state index in [9.17, 15) is 31.6 Å². The van der Waals surface area contributed by atoms with Gasteiger partial charge in [0.15, 0.2) is 0 Å². The van der Waals surface area contributed by atoms with Crippen molar-refractivity contribution >= 4 is 169 Å². The van der Waals surface area contributed by atoms with Crippen LogP contribution in [0.1, 0.15) is 66.8 Å². The van der Waals surface area contributed by atoms with Gasteiger partial charge in [-0.25, -0.2) is 4.85 Å². The van der Waals surface area contributed by atoms with Crippen LogP contribution in [0.5, 0.6) is 0 Å². The Morgan fingerprint density at radius 1 is 0.407 bits per heavy atom. The van der Waals surface area contributed by atoms with Gasteiger partial charge in [-0.1, -0.05) is 83.9 Å². The molecule has 0 saturated heterocycles. The molecule has 0 spiro atoms. The molecule has 20 heteroatoms. The third-order valence-electron chi connectivity index (χ3n) is 14.9. The first kappa shape index (κ1) is 66.0. The Hall–Kier alpha value is -6.51. The molecular formula is C71H42Br2CuF6N3S8. The van der Waals surface area contributed by atoms with E-state index >= 15 is 0 Å². The molecule has 91 heavy (non-hydrogen) atoms. The van der Waals surface area contributed by atoms with E-state index in [4.69, 9.17) is 18.4 Å². The van der Waals surface area contributed by atoms with Crippen molar-refractivity contribution in [3.05, 3.63) is 264 Å². The first-order chi connectivity index (χ1) is 43.2. The van der Waals surface area contributed by atoms with Gasteiger partial charge >= 0.3 is 29.4 Å². The van der Waals surface area contributed by atoms with Gasteiger partial charge < -0.3 is 11.8 Å². The number of nitriles is 1. The minimum absolute atomic E-state index is 0. The molecule has 0 aliphatic carbocycles. The summed E-state index contributed by atoms with van der Waals surface area (Å²) in [5.41, 5.74) is 6.27. The molecule has 0 atom stereocenters. The maximum Gasteiger partial charge on any atom is 1.00 e. The molecule has 0 bridgehead atoms. The Bertz CT molecular complexity index is 4980. The summed E-state index contributed by atoms with van der Waals surface area (Å²) in [5.74, 6) is 0. The number of hydrogen-bond donors (Lipinski definition) is 0. The van der Waals surface area contributed by atoms with Gasteiger partial charge in [-0.15, -0.1) is 79.4 Å². The van der Waals surface area contributed by atoms with Crippen LogP contribution in [-0.2, 0) is 55.1 Å². The normalized spacial score (nSPS) is 11.5. The van der Waals surface area contributed by atoms with Gasteiger partial charge in [-0.05, 0) is 187 Å². The number of nitrogens with zero attached hydrogens (tertiary/aromatic N) is 3. The van der Waals surface area contributed by atoms with Crippen LogP contribution >= 0.6 is 123 Å². The maximum absolute atomic E-state index is 13.0. The Balaban J connectivity index is 0.000000180. The summed E-state index contributed by atoms with van der Waals surface area (Å²) >= 11 is 21.2. The second kappa shape index (κ2) is 27.6. The first-order valence-corrected chi connectivity index (χ1v) is 35.6. The minimum Gasteiger partial charge on any atom is -0.512 e. The zero-order chi connectivity index (χ0) is 63.2. The number of thiophene rings is 8. The van der Waals surface area contributed by atoms with E-state index in [1.165, 1.54) is 99.5 Å². The van der Waals surface area contributed by atoms with Crippen molar-refractivity contribution in [3.63, 3.8) is 0 Å². The predicted octanol–water partition coefficient (Wildman–Crippen LogP) is 26.2.